The zero-order valence-electron chi connectivity index (χ0n) is 18.7. The lowest BCUT2D eigenvalue weighted by Crippen LogP contribution is -2.25. The Hall–Kier alpha value is -2.96. The number of para-hydroxylation sites is 2. The Morgan fingerprint density at radius 1 is 0.875 bits per heavy atom. The molecular weight excluding hydrogens is 418 g/mol. The van der Waals surface area contributed by atoms with E-state index in [1.165, 1.54) is 5.56 Å². The Kier molecular flexibility index (Phi) is 6.17. The molecule has 4 rings (SSSR count). The van der Waals surface area contributed by atoms with E-state index in [1.807, 2.05) is 54.6 Å². The van der Waals surface area contributed by atoms with Gasteiger partial charge >= 0.3 is 0 Å². The fraction of sp³-hybridized carbons (Fsp3) is 0.269. The fourth-order valence-electron chi connectivity index (χ4n) is 3.77. The Bertz CT molecular complexity index is 1300. The van der Waals surface area contributed by atoms with E-state index >= 15 is 0 Å². The molecule has 166 valence electrons. The SMILES string of the molecule is CC(C)(C)c1ccc(S(=O)(=O)NCc2nc3ccccc3n2CCc2ccccc2)cc1. The highest BCUT2D eigenvalue weighted by Gasteiger charge is 2.19. The second kappa shape index (κ2) is 8.88. The number of sulfonamides is 1. The highest BCUT2D eigenvalue weighted by molar-refractivity contribution is 7.89. The first kappa shape index (κ1) is 22.2. The molecule has 0 fully saturated rings. The summed E-state index contributed by atoms with van der Waals surface area (Å²) in [6, 6.07) is 25.3. The summed E-state index contributed by atoms with van der Waals surface area (Å²) in [5.41, 5.74) is 4.17. The van der Waals surface area contributed by atoms with Crippen molar-refractivity contribution >= 4 is 21.1 Å². The van der Waals surface area contributed by atoms with Crippen LogP contribution in [0.4, 0.5) is 0 Å². The first-order chi connectivity index (χ1) is 15.2. The van der Waals surface area contributed by atoms with Crippen molar-refractivity contribution < 1.29 is 8.42 Å². The summed E-state index contributed by atoms with van der Waals surface area (Å²) in [5.74, 6) is 0.706. The van der Waals surface area contributed by atoms with Crippen LogP contribution in [0.5, 0.6) is 0 Å². The smallest absolute Gasteiger partial charge is 0.240 e. The number of hydrogen-bond acceptors (Lipinski definition) is 3. The second-order valence-corrected chi connectivity index (χ2v) is 10.8. The largest absolute Gasteiger partial charge is 0.327 e. The number of hydrogen-bond donors (Lipinski definition) is 1. The average Bonchev–Trinajstić information content (AvgIpc) is 3.14. The zero-order valence-corrected chi connectivity index (χ0v) is 19.6. The molecule has 3 aromatic carbocycles. The van der Waals surface area contributed by atoms with Gasteiger partial charge in [0.25, 0.3) is 0 Å². The maximum absolute atomic E-state index is 12.9. The van der Waals surface area contributed by atoms with Crippen molar-refractivity contribution in [2.45, 2.75) is 50.6 Å². The minimum atomic E-state index is -3.65. The van der Waals surface area contributed by atoms with Crippen molar-refractivity contribution in [2.75, 3.05) is 0 Å². The lowest BCUT2D eigenvalue weighted by Gasteiger charge is -2.19. The maximum atomic E-state index is 12.9. The van der Waals surface area contributed by atoms with Gasteiger partial charge < -0.3 is 4.57 Å². The molecule has 0 amide bonds. The molecule has 0 spiro atoms. The summed E-state index contributed by atoms with van der Waals surface area (Å²) in [6.45, 7) is 7.17. The van der Waals surface area contributed by atoms with Gasteiger partial charge in [0.15, 0.2) is 0 Å². The number of aryl methyl sites for hydroxylation is 2. The summed E-state index contributed by atoms with van der Waals surface area (Å²) in [5, 5.41) is 0. The molecule has 0 aliphatic carbocycles. The Labute approximate surface area is 190 Å². The van der Waals surface area contributed by atoms with Crippen molar-refractivity contribution in [3.63, 3.8) is 0 Å². The number of benzene rings is 3. The molecule has 4 aromatic rings. The van der Waals surface area contributed by atoms with Gasteiger partial charge in [0.05, 0.1) is 22.5 Å². The number of aromatic nitrogens is 2. The van der Waals surface area contributed by atoms with Gasteiger partial charge in [-0.2, -0.15) is 0 Å². The number of rotatable bonds is 7. The van der Waals surface area contributed by atoms with Crippen molar-refractivity contribution in [3.05, 3.63) is 95.8 Å². The molecule has 0 aliphatic rings. The molecule has 0 bridgehead atoms. The van der Waals surface area contributed by atoms with Crippen LogP contribution in [0.1, 0.15) is 37.7 Å². The van der Waals surface area contributed by atoms with E-state index in [0.717, 1.165) is 29.6 Å². The molecule has 32 heavy (non-hydrogen) atoms. The van der Waals surface area contributed by atoms with Crippen LogP contribution >= 0.6 is 0 Å². The van der Waals surface area contributed by atoms with Crippen LogP contribution in [0.25, 0.3) is 11.0 Å². The quantitative estimate of drug-likeness (QED) is 0.431. The van der Waals surface area contributed by atoms with Gasteiger partial charge in [0.1, 0.15) is 5.82 Å². The molecule has 5 nitrogen and oxygen atoms in total. The van der Waals surface area contributed by atoms with E-state index in [0.29, 0.717) is 5.82 Å². The maximum Gasteiger partial charge on any atom is 0.240 e. The molecule has 0 saturated heterocycles. The standard InChI is InChI=1S/C26H29N3O2S/c1-26(2,3)21-13-15-22(16-14-21)32(30,31)27-19-25-28-23-11-7-8-12-24(23)29(25)18-17-20-9-5-4-6-10-20/h4-16,27H,17-19H2,1-3H3. The first-order valence-electron chi connectivity index (χ1n) is 10.8. The van der Waals surface area contributed by atoms with Crippen LogP contribution < -0.4 is 4.72 Å². The topological polar surface area (TPSA) is 64.0 Å². The monoisotopic (exact) mass is 447 g/mol. The van der Waals surface area contributed by atoms with Crippen LogP contribution in [-0.4, -0.2) is 18.0 Å². The van der Waals surface area contributed by atoms with Gasteiger partial charge in [-0.25, -0.2) is 18.1 Å². The molecule has 6 heteroatoms. The number of nitrogens with zero attached hydrogens (tertiary/aromatic N) is 2. The third-order valence-corrected chi connectivity index (χ3v) is 7.07. The van der Waals surface area contributed by atoms with E-state index in [4.69, 9.17) is 4.98 Å². The third-order valence-electron chi connectivity index (χ3n) is 5.65. The summed E-state index contributed by atoms with van der Waals surface area (Å²) in [7, 11) is -3.65. The first-order valence-corrected chi connectivity index (χ1v) is 12.3. The van der Waals surface area contributed by atoms with Crippen LogP contribution in [0.15, 0.2) is 83.8 Å². The molecule has 0 unspecified atom stereocenters. The number of imidazole rings is 1. The van der Waals surface area contributed by atoms with Crippen molar-refractivity contribution in [1.82, 2.24) is 14.3 Å². The minimum Gasteiger partial charge on any atom is -0.327 e. The molecular formula is C26H29N3O2S. The van der Waals surface area contributed by atoms with Crippen LogP contribution in [0.3, 0.4) is 0 Å². The third kappa shape index (κ3) is 4.92. The van der Waals surface area contributed by atoms with Gasteiger partial charge in [0, 0.05) is 6.54 Å². The Morgan fingerprint density at radius 3 is 2.22 bits per heavy atom. The lowest BCUT2D eigenvalue weighted by molar-refractivity contribution is 0.572. The fourth-order valence-corrected chi connectivity index (χ4v) is 4.75. The van der Waals surface area contributed by atoms with Crippen LogP contribution in [0.2, 0.25) is 0 Å². The minimum absolute atomic E-state index is 0.0284. The van der Waals surface area contributed by atoms with Crippen molar-refractivity contribution in [2.24, 2.45) is 0 Å². The Balaban J connectivity index is 1.56. The van der Waals surface area contributed by atoms with E-state index in [9.17, 15) is 8.42 Å². The van der Waals surface area contributed by atoms with Crippen molar-refractivity contribution in [3.8, 4) is 0 Å². The van der Waals surface area contributed by atoms with Gasteiger partial charge in [-0.1, -0.05) is 75.4 Å². The number of fused-ring (bicyclic) bond motifs is 1. The molecule has 0 aliphatic heterocycles. The predicted octanol–water partition coefficient (Wildman–Crippen LogP) is 5.06. The molecule has 0 radical (unpaired) electrons. The molecule has 1 heterocycles. The normalized spacial score (nSPS) is 12.3. The number of nitrogens with one attached hydrogen (secondary N) is 1. The molecule has 1 N–H and O–H groups in total. The summed E-state index contributed by atoms with van der Waals surface area (Å²) in [4.78, 5) is 4.97. The van der Waals surface area contributed by atoms with Gasteiger partial charge in [-0.3, -0.25) is 0 Å². The van der Waals surface area contributed by atoms with Crippen LogP contribution in [-0.2, 0) is 34.9 Å². The summed E-state index contributed by atoms with van der Waals surface area (Å²) < 4.78 is 30.7. The average molecular weight is 448 g/mol. The predicted molar refractivity (Wildman–Crippen MR) is 129 cm³/mol. The van der Waals surface area contributed by atoms with Gasteiger partial charge in [0.2, 0.25) is 10.0 Å². The van der Waals surface area contributed by atoms with Gasteiger partial charge in [-0.05, 0) is 47.2 Å². The van der Waals surface area contributed by atoms with E-state index in [-0.39, 0.29) is 16.9 Å². The highest BCUT2D eigenvalue weighted by Crippen LogP contribution is 2.23. The van der Waals surface area contributed by atoms with Crippen molar-refractivity contribution in [1.29, 1.82) is 0 Å². The van der Waals surface area contributed by atoms with Gasteiger partial charge in [-0.15, -0.1) is 0 Å². The summed E-state index contributed by atoms with van der Waals surface area (Å²) >= 11 is 0. The van der Waals surface area contributed by atoms with E-state index < -0.39 is 10.0 Å². The molecule has 0 saturated carbocycles. The Morgan fingerprint density at radius 2 is 1.53 bits per heavy atom. The molecule has 1 aromatic heterocycles. The zero-order chi connectivity index (χ0) is 22.8. The van der Waals surface area contributed by atoms with E-state index in [1.54, 1.807) is 12.1 Å². The lowest BCUT2D eigenvalue weighted by atomic mass is 9.87. The van der Waals surface area contributed by atoms with E-state index in [2.05, 4.69) is 42.2 Å². The van der Waals surface area contributed by atoms with Crippen LogP contribution in [0, 0.1) is 0 Å². The molecule has 0 atom stereocenters. The second-order valence-electron chi connectivity index (χ2n) is 9.00. The summed E-state index contributed by atoms with van der Waals surface area (Å²) in [6.07, 6.45) is 0.842. The highest BCUT2D eigenvalue weighted by atomic mass is 32.2.